The molecule has 1 aromatic carbocycles. The van der Waals surface area contributed by atoms with Crippen LogP contribution in [0.5, 0.6) is 0 Å². The van der Waals surface area contributed by atoms with Crippen molar-refractivity contribution in [2.24, 2.45) is 0 Å². The van der Waals surface area contributed by atoms with Crippen molar-refractivity contribution >= 4 is 22.3 Å². The second-order valence-electron chi connectivity index (χ2n) is 5.07. The Morgan fingerprint density at radius 2 is 1.86 bits per heavy atom. The van der Waals surface area contributed by atoms with E-state index in [1.54, 1.807) is 6.20 Å². The van der Waals surface area contributed by atoms with Gasteiger partial charge in [-0.15, -0.1) is 0 Å². The summed E-state index contributed by atoms with van der Waals surface area (Å²) in [4.78, 5) is 11.0. The third-order valence-electron chi connectivity index (χ3n) is 3.62. The number of fused-ring (bicyclic) bond motifs is 1. The van der Waals surface area contributed by atoms with Crippen molar-refractivity contribution in [1.82, 2.24) is 9.97 Å². The molecule has 0 amide bonds. The quantitative estimate of drug-likeness (QED) is 0.746. The smallest absolute Gasteiger partial charge is 0.0951 e. The molecule has 0 saturated heterocycles. The third-order valence-corrected chi connectivity index (χ3v) is 3.62. The first-order chi connectivity index (χ1) is 10.3. The van der Waals surface area contributed by atoms with Gasteiger partial charge in [-0.3, -0.25) is 9.97 Å². The van der Waals surface area contributed by atoms with Gasteiger partial charge in [0.1, 0.15) is 0 Å². The molecule has 0 fully saturated rings. The second kappa shape index (κ2) is 5.79. The molecular formula is C17H18N4. The van der Waals surface area contributed by atoms with Crippen LogP contribution in [0.25, 0.3) is 10.9 Å². The predicted octanol–water partition coefficient (Wildman–Crippen LogP) is 2.89. The second-order valence-corrected chi connectivity index (χ2v) is 5.07. The van der Waals surface area contributed by atoms with Crippen molar-refractivity contribution in [3.8, 4) is 0 Å². The number of benzene rings is 1. The summed E-state index contributed by atoms with van der Waals surface area (Å²) in [6.07, 6.45) is 4.51. The maximum atomic E-state index is 6.00. The van der Waals surface area contributed by atoms with Crippen LogP contribution in [0.3, 0.4) is 0 Å². The fourth-order valence-corrected chi connectivity index (χ4v) is 2.46. The molecule has 4 heteroatoms. The molecule has 4 nitrogen and oxygen atoms in total. The molecule has 0 atom stereocenters. The van der Waals surface area contributed by atoms with Gasteiger partial charge in [-0.2, -0.15) is 0 Å². The first-order valence-electron chi connectivity index (χ1n) is 7.00. The standard InChI is InChI=1S/C17H18N4/c1-21(12-9-13-5-2-3-10-19-13)16-8-7-15(18)17-14(16)6-4-11-20-17/h2-8,10-11H,9,12,18H2,1H3. The first kappa shape index (κ1) is 13.4. The van der Waals surface area contributed by atoms with E-state index in [4.69, 9.17) is 5.73 Å². The fraction of sp³-hybridized carbons (Fsp3) is 0.176. The van der Waals surface area contributed by atoms with Crippen molar-refractivity contribution in [3.63, 3.8) is 0 Å². The predicted molar refractivity (Wildman–Crippen MR) is 87.4 cm³/mol. The van der Waals surface area contributed by atoms with Crippen molar-refractivity contribution < 1.29 is 0 Å². The minimum absolute atomic E-state index is 0.715. The number of nitrogen functional groups attached to an aromatic ring is 1. The summed E-state index contributed by atoms with van der Waals surface area (Å²) in [6.45, 7) is 0.894. The molecule has 3 rings (SSSR count). The van der Waals surface area contributed by atoms with Gasteiger partial charge in [-0.1, -0.05) is 6.07 Å². The van der Waals surface area contributed by atoms with E-state index in [0.717, 1.165) is 35.2 Å². The number of nitrogens with zero attached hydrogens (tertiary/aromatic N) is 3. The molecule has 2 N–H and O–H groups in total. The van der Waals surface area contributed by atoms with Gasteiger partial charge in [0.15, 0.2) is 0 Å². The van der Waals surface area contributed by atoms with Gasteiger partial charge < -0.3 is 10.6 Å². The van der Waals surface area contributed by atoms with E-state index >= 15 is 0 Å². The molecule has 0 aliphatic rings. The molecule has 0 aliphatic heterocycles. The molecule has 0 bridgehead atoms. The number of hydrogen-bond donors (Lipinski definition) is 1. The maximum Gasteiger partial charge on any atom is 0.0951 e. The molecular weight excluding hydrogens is 260 g/mol. The molecule has 21 heavy (non-hydrogen) atoms. The number of aromatic nitrogens is 2. The van der Waals surface area contributed by atoms with Gasteiger partial charge >= 0.3 is 0 Å². The van der Waals surface area contributed by atoms with Crippen LogP contribution in [0.2, 0.25) is 0 Å². The van der Waals surface area contributed by atoms with Gasteiger partial charge in [-0.05, 0) is 36.4 Å². The van der Waals surface area contributed by atoms with Gasteiger partial charge in [-0.25, -0.2) is 0 Å². The summed E-state index contributed by atoms with van der Waals surface area (Å²) in [5.74, 6) is 0. The van der Waals surface area contributed by atoms with Crippen LogP contribution in [-0.4, -0.2) is 23.6 Å². The zero-order valence-electron chi connectivity index (χ0n) is 12.0. The Balaban J connectivity index is 1.85. The molecule has 106 valence electrons. The average Bonchev–Trinajstić information content (AvgIpc) is 2.54. The summed E-state index contributed by atoms with van der Waals surface area (Å²) in [5.41, 5.74) is 9.82. The molecule has 0 aliphatic carbocycles. The largest absolute Gasteiger partial charge is 0.397 e. The van der Waals surface area contributed by atoms with Crippen LogP contribution in [0.15, 0.2) is 54.9 Å². The van der Waals surface area contributed by atoms with E-state index in [9.17, 15) is 0 Å². The molecule has 0 unspecified atom stereocenters. The van der Waals surface area contributed by atoms with E-state index in [1.165, 1.54) is 0 Å². The highest BCUT2D eigenvalue weighted by Crippen LogP contribution is 2.28. The molecule has 2 aromatic heterocycles. The lowest BCUT2D eigenvalue weighted by Gasteiger charge is -2.21. The van der Waals surface area contributed by atoms with Crippen LogP contribution in [0.4, 0.5) is 11.4 Å². The Kier molecular flexibility index (Phi) is 3.69. The molecule has 0 radical (unpaired) electrons. The Bertz CT molecular complexity index is 740. The monoisotopic (exact) mass is 278 g/mol. The van der Waals surface area contributed by atoms with Crippen molar-refractivity contribution in [1.29, 1.82) is 0 Å². The molecule has 3 aromatic rings. The number of pyridine rings is 2. The van der Waals surface area contributed by atoms with Crippen LogP contribution in [0, 0.1) is 0 Å². The summed E-state index contributed by atoms with van der Waals surface area (Å²) in [7, 11) is 2.08. The molecule has 0 saturated carbocycles. The normalized spacial score (nSPS) is 10.7. The highest BCUT2D eigenvalue weighted by molar-refractivity contribution is 5.98. The van der Waals surface area contributed by atoms with Crippen LogP contribution in [0.1, 0.15) is 5.69 Å². The molecule has 2 heterocycles. The number of anilines is 2. The zero-order valence-corrected chi connectivity index (χ0v) is 12.0. The van der Waals surface area contributed by atoms with E-state index in [0.29, 0.717) is 5.69 Å². The minimum Gasteiger partial charge on any atom is -0.397 e. The number of hydrogen-bond acceptors (Lipinski definition) is 4. The highest BCUT2D eigenvalue weighted by atomic mass is 15.1. The average molecular weight is 278 g/mol. The van der Waals surface area contributed by atoms with E-state index < -0.39 is 0 Å². The van der Waals surface area contributed by atoms with Crippen molar-refractivity contribution in [2.45, 2.75) is 6.42 Å². The van der Waals surface area contributed by atoms with E-state index in [2.05, 4.69) is 40.1 Å². The first-order valence-corrected chi connectivity index (χ1v) is 7.00. The summed E-state index contributed by atoms with van der Waals surface area (Å²) >= 11 is 0. The van der Waals surface area contributed by atoms with Gasteiger partial charge in [0.05, 0.1) is 11.2 Å². The van der Waals surface area contributed by atoms with Crippen molar-refractivity contribution in [3.05, 3.63) is 60.6 Å². The SMILES string of the molecule is CN(CCc1ccccn1)c1ccc(N)c2ncccc12. The van der Waals surface area contributed by atoms with Crippen LogP contribution >= 0.6 is 0 Å². The third kappa shape index (κ3) is 2.79. The number of nitrogens with two attached hydrogens (primary N) is 1. The lowest BCUT2D eigenvalue weighted by molar-refractivity contribution is 0.855. The lowest BCUT2D eigenvalue weighted by Crippen LogP contribution is -2.21. The van der Waals surface area contributed by atoms with E-state index in [1.807, 2.05) is 30.5 Å². The minimum atomic E-state index is 0.715. The Hall–Kier alpha value is -2.62. The lowest BCUT2D eigenvalue weighted by atomic mass is 10.1. The molecule has 0 spiro atoms. The van der Waals surface area contributed by atoms with Crippen LogP contribution in [-0.2, 0) is 6.42 Å². The van der Waals surface area contributed by atoms with Gasteiger partial charge in [0, 0.05) is 49.2 Å². The Morgan fingerprint density at radius 3 is 2.67 bits per heavy atom. The van der Waals surface area contributed by atoms with Gasteiger partial charge in [0.25, 0.3) is 0 Å². The Morgan fingerprint density at radius 1 is 1.00 bits per heavy atom. The highest BCUT2D eigenvalue weighted by Gasteiger charge is 2.09. The topological polar surface area (TPSA) is 55.0 Å². The van der Waals surface area contributed by atoms with E-state index in [-0.39, 0.29) is 0 Å². The number of likely N-dealkylation sites (N-methyl/N-ethyl adjacent to an activating group) is 1. The maximum absolute atomic E-state index is 6.00. The summed E-state index contributed by atoms with van der Waals surface area (Å²) in [5, 5.41) is 1.08. The van der Waals surface area contributed by atoms with Gasteiger partial charge in [0.2, 0.25) is 0 Å². The fourth-order valence-electron chi connectivity index (χ4n) is 2.46. The summed E-state index contributed by atoms with van der Waals surface area (Å²) < 4.78 is 0. The van der Waals surface area contributed by atoms with Crippen LogP contribution < -0.4 is 10.6 Å². The number of rotatable bonds is 4. The zero-order chi connectivity index (χ0) is 14.7. The van der Waals surface area contributed by atoms with Crippen molar-refractivity contribution in [2.75, 3.05) is 24.2 Å². The summed E-state index contributed by atoms with van der Waals surface area (Å²) in [6, 6.07) is 14.0. The Labute approximate surface area is 124 Å².